The predicted octanol–water partition coefficient (Wildman–Crippen LogP) is 2.57. The van der Waals surface area contributed by atoms with Gasteiger partial charge in [0.15, 0.2) is 0 Å². The molecule has 4 rings (SSSR count). The lowest BCUT2D eigenvalue weighted by Gasteiger charge is -2.43. The van der Waals surface area contributed by atoms with Gasteiger partial charge in [-0.2, -0.15) is 0 Å². The summed E-state index contributed by atoms with van der Waals surface area (Å²) in [5.74, 6) is -0.0714. The second kappa shape index (κ2) is 5.43. The van der Waals surface area contributed by atoms with Crippen molar-refractivity contribution in [2.75, 3.05) is 6.54 Å². The molecule has 3 N–H and O–H groups in total. The summed E-state index contributed by atoms with van der Waals surface area (Å²) < 4.78 is 0. The van der Waals surface area contributed by atoms with Gasteiger partial charge < -0.3 is 15.7 Å². The first-order chi connectivity index (χ1) is 9.54. The van der Waals surface area contributed by atoms with Gasteiger partial charge in [0.05, 0.1) is 10.6 Å². The van der Waals surface area contributed by atoms with Crippen molar-refractivity contribution in [3.05, 3.63) is 27.7 Å². The lowest BCUT2D eigenvalue weighted by molar-refractivity contribution is 0.0856. The topological polar surface area (TPSA) is 61.4 Å². The Morgan fingerprint density at radius 2 is 2.15 bits per heavy atom. The number of fused-ring (bicyclic) bond motifs is 3. The summed E-state index contributed by atoms with van der Waals surface area (Å²) in [5.41, 5.74) is 0.136. The van der Waals surface area contributed by atoms with Crippen LogP contribution in [-0.4, -0.2) is 29.6 Å². The number of carbonyl (C=O) groups is 1. The van der Waals surface area contributed by atoms with E-state index in [1.54, 1.807) is 0 Å². The molecule has 20 heavy (non-hydrogen) atoms. The Morgan fingerprint density at radius 3 is 2.75 bits per heavy atom. The summed E-state index contributed by atoms with van der Waals surface area (Å²) >= 11 is 11.7. The average Bonchev–Trinajstić information content (AvgIpc) is 2.44. The fourth-order valence-electron chi connectivity index (χ4n) is 3.14. The first-order valence-electron chi connectivity index (χ1n) is 6.77. The molecule has 2 aliphatic heterocycles. The highest BCUT2D eigenvalue weighted by atomic mass is 35.5. The standard InChI is InChI=1S/C14H16Cl2N2O2/c15-8-3-10(13(19)11(16)4-8)14(20)18-12-5-9-2-1-7(12)6-17-9/h3-4,7,9,12,17,19H,1-2,5-6H2,(H,18,20)/t7-,9-,12+/m1/s1. The molecule has 2 heterocycles. The van der Waals surface area contributed by atoms with Crippen LogP contribution in [0.1, 0.15) is 29.6 Å². The predicted molar refractivity (Wildman–Crippen MR) is 78.5 cm³/mol. The molecule has 1 aromatic carbocycles. The van der Waals surface area contributed by atoms with E-state index < -0.39 is 0 Å². The molecule has 0 spiro atoms. The van der Waals surface area contributed by atoms with Gasteiger partial charge in [-0.05, 0) is 37.3 Å². The van der Waals surface area contributed by atoms with Crippen molar-refractivity contribution in [1.82, 2.24) is 10.6 Å². The van der Waals surface area contributed by atoms with Crippen LogP contribution in [0.25, 0.3) is 0 Å². The number of aromatic hydroxyl groups is 1. The van der Waals surface area contributed by atoms with Crippen LogP contribution in [0.4, 0.5) is 0 Å². The number of phenolic OH excluding ortho intramolecular Hbond substituents is 1. The zero-order valence-corrected chi connectivity index (χ0v) is 12.3. The highest BCUT2D eigenvalue weighted by molar-refractivity contribution is 6.36. The molecule has 0 unspecified atom stereocenters. The molecular weight excluding hydrogens is 299 g/mol. The minimum absolute atomic E-state index is 0.0921. The third-order valence-electron chi connectivity index (χ3n) is 4.25. The molecule has 3 aliphatic rings. The largest absolute Gasteiger partial charge is 0.506 e. The van der Waals surface area contributed by atoms with E-state index in [0.717, 1.165) is 19.4 Å². The average molecular weight is 315 g/mol. The SMILES string of the molecule is O=C(N[C@H]1C[C@H]2CC[C@@H]1CN2)c1cc(Cl)cc(Cl)c1O. The normalized spacial score (nSPS) is 28.4. The van der Waals surface area contributed by atoms with E-state index in [2.05, 4.69) is 10.6 Å². The van der Waals surface area contributed by atoms with E-state index in [9.17, 15) is 9.90 Å². The number of nitrogens with one attached hydrogen (secondary N) is 2. The Bertz CT molecular complexity index is 542. The highest BCUT2D eigenvalue weighted by Gasteiger charge is 2.36. The number of phenols is 1. The van der Waals surface area contributed by atoms with Crippen molar-refractivity contribution in [1.29, 1.82) is 0 Å². The zero-order valence-electron chi connectivity index (χ0n) is 10.8. The second-order valence-corrected chi connectivity index (χ2v) is 6.39. The molecule has 3 fully saturated rings. The monoisotopic (exact) mass is 314 g/mol. The molecule has 1 aliphatic carbocycles. The fourth-order valence-corrected chi connectivity index (χ4v) is 3.64. The van der Waals surface area contributed by atoms with Crippen molar-refractivity contribution in [2.24, 2.45) is 5.92 Å². The van der Waals surface area contributed by atoms with Crippen LogP contribution in [0.5, 0.6) is 5.75 Å². The van der Waals surface area contributed by atoms with Gasteiger partial charge in [0.1, 0.15) is 5.75 Å². The van der Waals surface area contributed by atoms with E-state index in [1.165, 1.54) is 18.6 Å². The number of carbonyl (C=O) groups excluding carboxylic acids is 1. The van der Waals surface area contributed by atoms with Gasteiger partial charge in [-0.25, -0.2) is 0 Å². The van der Waals surface area contributed by atoms with Crippen molar-refractivity contribution in [3.8, 4) is 5.75 Å². The lowest BCUT2D eigenvalue weighted by Crippen LogP contribution is -2.57. The Kier molecular flexibility index (Phi) is 3.80. The Labute approximate surface area is 127 Å². The van der Waals surface area contributed by atoms with Crippen molar-refractivity contribution >= 4 is 29.1 Å². The quantitative estimate of drug-likeness (QED) is 0.786. The van der Waals surface area contributed by atoms with Gasteiger partial charge in [-0.15, -0.1) is 0 Å². The first-order valence-corrected chi connectivity index (χ1v) is 7.52. The van der Waals surface area contributed by atoms with Gasteiger partial charge in [-0.1, -0.05) is 23.2 Å². The van der Waals surface area contributed by atoms with Crippen molar-refractivity contribution in [2.45, 2.75) is 31.3 Å². The Hall–Kier alpha value is -0.970. The molecule has 1 amide bonds. The maximum atomic E-state index is 12.3. The van der Waals surface area contributed by atoms with Gasteiger partial charge in [0, 0.05) is 23.7 Å². The molecular formula is C14H16Cl2N2O2. The third-order valence-corrected chi connectivity index (χ3v) is 4.76. The van der Waals surface area contributed by atoms with E-state index in [4.69, 9.17) is 23.2 Å². The van der Waals surface area contributed by atoms with E-state index >= 15 is 0 Å². The van der Waals surface area contributed by atoms with Gasteiger partial charge >= 0.3 is 0 Å². The first kappa shape index (κ1) is 14.0. The highest BCUT2D eigenvalue weighted by Crippen LogP contribution is 2.33. The number of benzene rings is 1. The minimum atomic E-state index is -0.315. The number of halogens is 2. The lowest BCUT2D eigenvalue weighted by atomic mass is 9.77. The molecule has 0 aromatic heterocycles. The van der Waals surface area contributed by atoms with Crippen LogP contribution in [0.3, 0.4) is 0 Å². The third kappa shape index (κ3) is 2.60. The zero-order chi connectivity index (χ0) is 14.3. The van der Waals surface area contributed by atoms with Gasteiger partial charge in [-0.3, -0.25) is 4.79 Å². The summed E-state index contributed by atoms with van der Waals surface area (Å²) in [7, 11) is 0. The number of hydrogen-bond acceptors (Lipinski definition) is 3. The summed E-state index contributed by atoms with van der Waals surface area (Å²) in [6.45, 7) is 0.942. The van der Waals surface area contributed by atoms with Crippen LogP contribution in [0.2, 0.25) is 10.0 Å². The molecule has 2 saturated heterocycles. The van der Waals surface area contributed by atoms with Crippen molar-refractivity contribution < 1.29 is 9.90 Å². The molecule has 4 nitrogen and oxygen atoms in total. The second-order valence-electron chi connectivity index (χ2n) is 5.54. The molecule has 6 heteroatoms. The van der Waals surface area contributed by atoms with Crippen LogP contribution < -0.4 is 10.6 Å². The van der Waals surface area contributed by atoms with Gasteiger partial charge in [0.25, 0.3) is 5.91 Å². The van der Waals surface area contributed by atoms with Crippen molar-refractivity contribution in [3.63, 3.8) is 0 Å². The molecule has 2 bridgehead atoms. The fraction of sp³-hybridized carbons (Fsp3) is 0.500. The molecule has 1 saturated carbocycles. The van der Waals surface area contributed by atoms with E-state index in [0.29, 0.717) is 17.0 Å². The van der Waals surface area contributed by atoms with Crippen LogP contribution in [-0.2, 0) is 0 Å². The van der Waals surface area contributed by atoms with Crippen LogP contribution in [0.15, 0.2) is 12.1 Å². The number of amides is 1. The molecule has 108 valence electrons. The molecule has 0 radical (unpaired) electrons. The van der Waals surface area contributed by atoms with Gasteiger partial charge in [0.2, 0.25) is 0 Å². The van der Waals surface area contributed by atoms with E-state index in [-0.39, 0.29) is 28.3 Å². The Morgan fingerprint density at radius 1 is 1.35 bits per heavy atom. The maximum Gasteiger partial charge on any atom is 0.255 e. The number of piperidine rings is 2. The van der Waals surface area contributed by atoms with E-state index in [1.807, 2.05) is 0 Å². The summed E-state index contributed by atoms with van der Waals surface area (Å²) in [6, 6.07) is 3.50. The molecule has 3 atom stereocenters. The Balaban J connectivity index is 1.77. The maximum absolute atomic E-state index is 12.3. The number of rotatable bonds is 2. The minimum Gasteiger partial charge on any atom is -0.506 e. The smallest absolute Gasteiger partial charge is 0.255 e. The van der Waals surface area contributed by atoms with Crippen LogP contribution in [0, 0.1) is 5.92 Å². The summed E-state index contributed by atoms with van der Waals surface area (Å²) in [4.78, 5) is 12.3. The van der Waals surface area contributed by atoms with Crippen LogP contribution >= 0.6 is 23.2 Å². The number of hydrogen-bond donors (Lipinski definition) is 3. The molecule has 1 aromatic rings. The summed E-state index contributed by atoms with van der Waals surface area (Å²) in [5, 5.41) is 16.8. The summed E-state index contributed by atoms with van der Waals surface area (Å²) in [6.07, 6.45) is 3.24.